The number of allylic oxidation sites excluding steroid dienone is 2. The molecule has 0 radical (unpaired) electrons. The predicted octanol–water partition coefficient (Wildman–Crippen LogP) is 8.61. The van der Waals surface area contributed by atoms with Crippen LogP contribution in [0.4, 0.5) is 4.39 Å². The number of hydrogen-bond donors (Lipinski definition) is 0. The molecule has 1 atom stereocenters. The number of halogens is 2. The Kier molecular flexibility index (Phi) is 7.82. The van der Waals surface area contributed by atoms with Crippen molar-refractivity contribution in [3.05, 3.63) is 40.2 Å². The van der Waals surface area contributed by atoms with Gasteiger partial charge in [-0.2, -0.15) is 0 Å². The Bertz CT molecular complexity index is 640. The van der Waals surface area contributed by atoms with E-state index in [0.29, 0.717) is 17.0 Å². The summed E-state index contributed by atoms with van der Waals surface area (Å²) >= 11 is 6.35. The van der Waals surface area contributed by atoms with Crippen molar-refractivity contribution in [2.45, 2.75) is 90.9 Å². The molecule has 2 aliphatic rings. The second-order valence-electron chi connectivity index (χ2n) is 8.79. The largest absolute Gasteiger partial charge is 0.205 e. The van der Waals surface area contributed by atoms with E-state index in [1.165, 1.54) is 63.4 Å². The molecule has 3 rings (SSSR count). The van der Waals surface area contributed by atoms with Gasteiger partial charge in [0.1, 0.15) is 5.82 Å². The summed E-state index contributed by atoms with van der Waals surface area (Å²) in [7, 11) is 0. The standard InChI is InChI=1S/C25H36ClF/c1-3-5-6-7-18-8-10-20(11-9-18)21-12-14-22(15-13-21)23-17-16-19(4-2)25(27)24(23)26/h14,16-18,20-21H,3-13,15H2,1-2H3. The monoisotopic (exact) mass is 390 g/mol. The van der Waals surface area contributed by atoms with Crippen LogP contribution in [0.1, 0.15) is 95.6 Å². The molecule has 0 nitrogen and oxygen atoms in total. The van der Waals surface area contributed by atoms with Gasteiger partial charge >= 0.3 is 0 Å². The van der Waals surface area contributed by atoms with Crippen molar-refractivity contribution in [3.63, 3.8) is 0 Å². The molecule has 0 bridgehead atoms. The Morgan fingerprint density at radius 2 is 1.78 bits per heavy atom. The number of unbranched alkanes of at least 4 members (excludes halogenated alkanes) is 2. The van der Waals surface area contributed by atoms with Crippen molar-refractivity contribution < 1.29 is 4.39 Å². The van der Waals surface area contributed by atoms with Crippen LogP contribution in [0.5, 0.6) is 0 Å². The molecule has 2 aliphatic carbocycles. The molecule has 27 heavy (non-hydrogen) atoms. The van der Waals surface area contributed by atoms with Crippen LogP contribution in [0.3, 0.4) is 0 Å². The Morgan fingerprint density at radius 1 is 1.00 bits per heavy atom. The first-order valence-corrected chi connectivity index (χ1v) is 11.7. The fraction of sp³-hybridized carbons (Fsp3) is 0.680. The quantitative estimate of drug-likeness (QED) is 0.408. The lowest BCUT2D eigenvalue weighted by molar-refractivity contribution is 0.187. The molecule has 1 aromatic rings. The van der Waals surface area contributed by atoms with E-state index in [4.69, 9.17) is 11.6 Å². The summed E-state index contributed by atoms with van der Waals surface area (Å²) in [6.07, 6.45) is 17.8. The second-order valence-corrected chi connectivity index (χ2v) is 9.17. The van der Waals surface area contributed by atoms with Crippen LogP contribution in [0, 0.1) is 23.6 Å². The van der Waals surface area contributed by atoms with Gasteiger partial charge in [0.15, 0.2) is 0 Å². The molecule has 0 aliphatic heterocycles. The number of benzene rings is 1. The predicted molar refractivity (Wildman–Crippen MR) is 116 cm³/mol. The van der Waals surface area contributed by atoms with Crippen LogP contribution < -0.4 is 0 Å². The van der Waals surface area contributed by atoms with E-state index in [1.54, 1.807) is 0 Å². The topological polar surface area (TPSA) is 0 Å². The first-order chi connectivity index (χ1) is 13.1. The zero-order valence-corrected chi connectivity index (χ0v) is 18.0. The Labute approximate surface area is 170 Å². The van der Waals surface area contributed by atoms with Crippen molar-refractivity contribution >= 4 is 17.2 Å². The number of rotatable bonds is 7. The molecule has 0 spiro atoms. The first-order valence-electron chi connectivity index (χ1n) is 11.3. The van der Waals surface area contributed by atoms with Gasteiger partial charge in [-0.1, -0.05) is 82.2 Å². The van der Waals surface area contributed by atoms with E-state index < -0.39 is 0 Å². The highest BCUT2D eigenvalue weighted by Crippen LogP contribution is 2.43. The summed E-state index contributed by atoms with van der Waals surface area (Å²) in [5.41, 5.74) is 2.89. The Hall–Kier alpha value is -0.820. The van der Waals surface area contributed by atoms with Crippen LogP contribution in [0.15, 0.2) is 18.2 Å². The van der Waals surface area contributed by atoms with Gasteiger partial charge in [0, 0.05) is 0 Å². The SMILES string of the molecule is CCCCCC1CCC(C2CC=C(c3ccc(CC)c(F)c3Cl)CC2)CC1. The smallest absolute Gasteiger partial charge is 0.145 e. The van der Waals surface area contributed by atoms with Crippen LogP contribution >= 0.6 is 11.6 Å². The summed E-state index contributed by atoms with van der Waals surface area (Å²) in [5.74, 6) is 2.49. The normalized spacial score (nSPS) is 26.1. The van der Waals surface area contributed by atoms with Gasteiger partial charge in [0.25, 0.3) is 0 Å². The van der Waals surface area contributed by atoms with Gasteiger partial charge in [-0.25, -0.2) is 4.39 Å². The molecule has 1 unspecified atom stereocenters. The van der Waals surface area contributed by atoms with Gasteiger partial charge in [0.05, 0.1) is 5.02 Å². The third kappa shape index (κ3) is 5.17. The highest BCUT2D eigenvalue weighted by Gasteiger charge is 2.29. The van der Waals surface area contributed by atoms with E-state index in [9.17, 15) is 4.39 Å². The molecule has 1 saturated carbocycles. The lowest BCUT2D eigenvalue weighted by Crippen LogP contribution is -2.23. The molecule has 0 aromatic heterocycles. The molecule has 150 valence electrons. The summed E-state index contributed by atoms with van der Waals surface area (Å²) < 4.78 is 14.4. The minimum absolute atomic E-state index is 0.221. The summed E-state index contributed by atoms with van der Waals surface area (Å²) in [5, 5.41) is 0.326. The highest BCUT2D eigenvalue weighted by molar-refractivity contribution is 6.32. The average Bonchev–Trinajstić information content (AvgIpc) is 2.71. The maximum Gasteiger partial charge on any atom is 0.145 e. The number of hydrogen-bond acceptors (Lipinski definition) is 0. The van der Waals surface area contributed by atoms with Gasteiger partial charge in [-0.15, -0.1) is 0 Å². The molecule has 2 heteroatoms. The van der Waals surface area contributed by atoms with E-state index >= 15 is 0 Å². The maximum atomic E-state index is 14.4. The third-order valence-corrected chi connectivity index (χ3v) is 7.48. The van der Waals surface area contributed by atoms with E-state index in [2.05, 4.69) is 13.0 Å². The van der Waals surface area contributed by atoms with Crippen molar-refractivity contribution in [2.75, 3.05) is 0 Å². The van der Waals surface area contributed by atoms with E-state index in [0.717, 1.165) is 36.2 Å². The van der Waals surface area contributed by atoms with Crippen molar-refractivity contribution in [1.82, 2.24) is 0 Å². The average molecular weight is 391 g/mol. The van der Waals surface area contributed by atoms with Crippen molar-refractivity contribution in [3.8, 4) is 0 Å². The first kappa shape index (κ1) is 20.9. The summed E-state index contributed by atoms with van der Waals surface area (Å²) in [4.78, 5) is 0. The summed E-state index contributed by atoms with van der Waals surface area (Å²) in [6.45, 7) is 4.26. The van der Waals surface area contributed by atoms with E-state index in [1.807, 2.05) is 19.1 Å². The lowest BCUT2D eigenvalue weighted by atomic mass is 9.70. The molecular formula is C25H36ClF. The summed E-state index contributed by atoms with van der Waals surface area (Å²) in [6, 6.07) is 3.93. The fourth-order valence-electron chi connectivity index (χ4n) is 5.27. The van der Waals surface area contributed by atoms with Crippen LogP contribution in [0.2, 0.25) is 5.02 Å². The van der Waals surface area contributed by atoms with Crippen LogP contribution in [0.25, 0.3) is 5.57 Å². The molecule has 0 saturated heterocycles. The zero-order valence-electron chi connectivity index (χ0n) is 17.2. The minimum Gasteiger partial charge on any atom is -0.205 e. The third-order valence-electron chi connectivity index (χ3n) is 7.11. The molecule has 0 N–H and O–H groups in total. The Balaban J connectivity index is 1.54. The highest BCUT2D eigenvalue weighted by atomic mass is 35.5. The van der Waals surface area contributed by atoms with Gasteiger partial charge < -0.3 is 0 Å². The van der Waals surface area contributed by atoms with Gasteiger partial charge in [-0.3, -0.25) is 0 Å². The van der Waals surface area contributed by atoms with Gasteiger partial charge in [-0.05, 0) is 73.0 Å². The number of aryl methyl sites for hydroxylation is 1. The van der Waals surface area contributed by atoms with Crippen LogP contribution in [-0.4, -0.2) is 0 Å². The second kappa shape index (κ2) is 10.1. The Morgan fingerprint density at radius 3 is 2.41 bits per heavy atom. The molecule has 1 fully saturated rings. The minimum atomic E-state index is -0.221. The zero-order chi connectivity index (χ0) is 19.2. The van der Waals surface area contributed by atoms with Crippen molar-refractivity contribution in [2.24, 2.45) is 17.8 Å². The molecular weight excluding hydrogens is 355 g/mol. The van der Waals surface area contributed by atoms with Crippen molar-refractivity contribution in [1.29, 1.82) is 0 Å². The maximum absolute atomic E-state index is 14.4. The van der Waals surface area contributed by atoms with E-state index in [-0.39, 0.29) is 5.82 Å². The molecule has 1 aromatic carbocycles. The lowest BCUT2D eigenvalue weighted by Gasteiger charge is -2.35. The van der Waals surface area contributed by atoms with Crippen LogP contribution in [-0.2, 0) is 6.42 Å². The fourth-order valence-corrected chi connectivity index (χ4v) is 5.57. The molecule has 0 heterocycles. The molecule has 0 amide bonds. The van der Waals surface area contributed by atoms with Gasteiger partial charge in [0.2, 0.25) is 0 Å².